The average molecular weight is 355 g/mol. The SMILES string of the molecule is COc1ccccc1N1CCN(c2ncnc3ccc(Cl)cc23)CC1. The molecule has 0 bridgehead atoms. The predicted molar refractivity (Wildman–Crippen MR) is 102 cm³/mol. The zero-order valence-corrected chi connectivity index (χ0v) is 14.8. The number of rotatable bonds is 3. The number of anilines is 2. The van der Waals surface area contributed by atoms with Crippen LogP contribution in [0.25, 0.3) is 10.9 Å². The number of piperazine rings is 1. The van der Waals surface area contributed by atoms with Crippen LogP contribution in [0.2, 0.25) is 5.02 Å². The maximum absolute atomic E-state index is 6.17. The number of ether oxygens (including phenoxy) is 1. The number of fused-ring (bicyclic) bond motifs is 1. The highest BCUT2D eigenvalue weighted by atomic mass is 35.5. The molecule has 6 heteroatoms. The first-order valence-electron chi connectivity index (χ1n) is 8.29. The van der Waals surface area contributed by atoms with Crippen molar-refractivity contribution in [3.05, 3.63) is 53.8 Å². The molecular formula is C19H19ClN4O. The lowest BCUT2D eigenvalue weighted by Crippen LogP contribution is -2.47. The summed E-state index contributed by atoms with van der Waals surface area (Å²) in [6.45, 7) is 3.59. The fraction of sp³-hybridized carbons (Fsp3) is 0.263. The highest BCUT2D eigenvalue weighted by Crippen LogP contribution is 2.30. The minimum Gasteiger partial charge on any atom is -0.495 e. The molecule has 0 aliphatic carbocycles. The summed E-state index contributed by atoms with van der Waals surface area (Å²) < 4.78 is 5.49. The van der Waals surface area contributed by atoms with Crippen LogP contribution in [0, 0.1) is 0 Å². The Morgan fingerprint density at radius 3 is 2.52 bits per heavy atom. The molecule has 0 atom stereocenters. The molecule has 1 fully saturated rings. The van der Waals surface area contributed by atoms with Crippen molar-refractivity contribution in [2.45, 2.75) is 0 Å². The number of para-hydroxylation sites is 2. The Hall–Kier alpha value is -2.53. The van der Waals surface area contributed by atoms with Gasteiger partial charge in [0, 0.05) is 36.6 Å². The molecule has 128 valence electrons. The van der Waals surface area contributed by atoms with Gasteiger partial charge in [0.15, 0.2) is 0 Å². The van der Waals surface area contributed by atoms with Gasteiger partial charge in [-0.2, -0.15) is 0 Å². The van der Waals surface area contributed by atoms with Gasteiger partial charge < -0.3 is 14.5 Å². The van der Waals surface area contributed by atoms with Crippen LogP contribution in [0.1, 0.15) is 0 Å². The van der Waals surface area contributed by atoms with Crippen LogP contribution in [0.5, 0.6) is 5.75 Å². The number of nitrogens with zero attached hydrogens (tertiary/aromatic N) is 4. The Balaban J connectivity index is 1.57. The fourth-order valence-corrected chi connectivity index (χ4v) is 3.49. The Morgan fingerprint density at radius 2 is 1.72 bits per heavy atom. The maximum atomic E-state index is 6.17. The van der Waals surface area contributed by atoms with Crippen LogP contribution >= 0.6 is 11.6 Å². The van der Waals surface area contributed by atoms with Crippen molar-refractivity contribution >= 4 is 34.0 Å². The van der Waals surface area contributed by atoms with Crippen LogP contribution in [-0.2, 0) is 0 Å². The Labute approximate surface area is 151 Å². The summed E-state index contributed by atoms with van der Waals surface area (Å²) in [7, 11) is 1.71. The van der Waals surface area contributed by atoms with Crippen molar-refractivity contribution in [2.24, 2.45) is 0 Å². The Bertz CT molecular complexity index is 893. The molecule has 0 unspecified atom stereocenters. The highest BCUT2D eigenvalue weighted by Gasteiger charge is 2.21. The lowest BCUT2D eigenvalue weighted by atomic mass is 10.2. The lowest BCUT2D eigenvalue weighted by molar-refractivity contribution is 0.413. The van der Waals surface area contributed by atoms with Gasteiger partial charge >= 0.3 is 0 Å². The van der Waals surface area contributed by atoms with Gasteiger partial charge in [-0.1, -0.05) is 23.7 Å². The van der Waals surface area contributed by atoms with Gasteiger partial charge in [0.1, 0.15) is 17.9 Å². The van der Waals surface area contributed by atoms with E-state index in [0.717, 1.165) is 54.3 Å². The van der Waals surface area contributed by atoms with E-state index < -0.39 is 0 Å². The summed E-state index contributed by atoms with van der Waals surface area (Å²) in [5.74, 6) is 1.86. The number of hydrogen-bond acceptors (Lipinski definition) is 5. The number of methoxy groups -OCH3 is 1. The van der Waals surface area contributed by atoms with E-state index in [9.17, 15) is 0 Å². The van der Waals surface area contributed by atoms with Gasteiger partial charge in [-0.05, 0) is 30.3 Å². The molecule has 0 amide bonds. The third-order valence-corrected chi connectivity index (χ3v) is 4.82. The second kappa shape index (κ2) is 6.76. The minimum absolute atomic E-state index is 0.705. The van der Waals surface area contributed by atoms with E-state index in [2.05, 4.69) is 25.8 Å². The standard InChI is InChI=1S/C19H19ClN4O/c1-25-18-5-3-2-4-17(18)23-8-10-24(11-9-23)19-15-12-14(20)6-7-16(15)21-13-22-19/h2-7,12-13H,8-11H2,1H3. The lowest BCUT2D eigenvalue weighted by Gasteiger charge is -2.37. The fourth-order valence-electron chi connectivity index (χ4n) is 3.32. The monoisotopic (exact) mass is 354 g/mol. The van der Waals surface area contributed by atoms with E-state index in [1.807, 2.05) is 36.4 Å². The van der Waals surface area contributed by atoms with Crippen molar-refractivity contribution < 1.29 is 4.74 Å². The molecule has 0 saturated carbocycles. The molecule has 25 heavy (non-hydrogen) atoms. The van der Waals surface area contributed by atoms with E-state index in [4.69, 9.17) is 16.3 Å². The van der Waals surface area contributed by atoms with Gasteiger partial charge in [0.05, 0.1) is 18.3 Å². The van der Waals surface area contributed by atoms with E-state index in [-0.39, 0.29) is 0 Å². The number of benzene rings is 2. The van der Waals surface area contributed by atoms with Crippen molar-refractivity contribution in [1.82, 2.24) is 9.97 Å². The summed E-state index contributed by atoms with van der Waals surface area (Å²) in [6, 6.07) is 13.9. The zero-order valence-electron chi connectivity index (χ0n) is 14.0. The van der Waals surface area contributed by atoms with E-state index in [1.165, 1.54) is 0 Å². The third kappa shape index (κ3) is 3.07. The minimum atomic E-state index is 0.705. The van der Waals surface area contributed by atoms with Crippen molar-refractivity contribution in [3.8, 4) is 5.75 Å². The van der Waals surface area contributed by atoms with Gasteiger partial charge in [-0.25, -0.2) is 9.97 Å². The topological polar surface area (TPSA) is 41.5 Å². The molecule has 5 nitrogen and oxygen atoms in total. The van der Waals surface area contributed by atoms with Crippen LogP contribution in [0.4, 0.5) is 11.5 Å². The van der Waals surface area contributed by atoms with Crippen molar-refractivity contribution in [1.29, 1.82) is 0 Å². The molecule has 2 aromatic carbocycles. The van der Waals surface area contributed by atoms with Crippen LogP contribution in [-0.4, -0.2) is 43.3 Å². The second-order valence-electron chi connectivity index (χ2n) is 6.00. The molecule has 0 radical (unpaired) electrons. The first-order valence-corrected chi connectivity index (χ1v) is 8.67. The van der Waals surface area contributed by atoms with E-state index >= 15 is 0 Å². The van der Waals surface area contributed by atoms with Crippen molar-refractivity contribution in [3.63, 3.8) is 0 Å². The molecule has 1 saturated heterocycles. The summed E-state index contributed by atoms with van der Waals surface area (Å²) in [6.07, 6.45) is 1.62. The zero-order chi connectivity index (χ0) is 17.2. The summed E-state index contributed by atoms with van der Waals surface area (Å²) in [5.41, 5.74) is 2.06. The second-order valence-corrected chi connectivity index (χ2v) is 6.44. The number of aromatic nitrogens is 2. The molecular weight excluding hydrogens is 336 g/mol. The molecule has 1 aliphatic heterocycles. The van der Waals surface area contributed by atoms with Gasteiger partial charge in [0.2, 0.25) is 0 Å². The molecule has 0 N–H and O–H groups in total. The molecule has 1 aliphatic rings. The summed E-state index contributed by atoms with van der Waals surface area (Å²) in [5, 5.41) is 1.71. The first-order chi connectivity index (χ1) is 12.3. The van der Waals surface area contributed by atoms with Gasteiger partial charge in [-0.3, -0.25) is 0 Å². The molecule has 3 aromatic rings. The van der Waals surface area contributed by atoms with E-state index in [1.54, 1.807) is 13.4 Å². The molecule has 0 spiro atoms. The number of hydrogen-bond donors (Lipinski definition) is 0. The van der Waals surface area contributed by atoms with E-state index in [0.29, 0.717) is 5.02 Å². The quantitative estimate of drug-likeness (QED) is 0.718. The largest absolute Gasteiger partial charge is 0.495 e. The molecule has 4 rings (SSSR count). The first kappa shape index (κ1) is 16.0. The summed E-state index contributed by atoms with van der Waals surface area (Å²) >= 11 is 6.17. The van der Waals surface area contributed by atoms with Gasteiger partial charge in [-0.15, -0.1) is 0 Å². The molecule has 1 aromatic heterocycles. The van der Waals surface area contributed by atoms with Crippen LogP contribution in [0.15, 0.2) is 48.8 Å². The molecule has 2 heterocycles. The Kier molecular flexibility index (Phi) is 4.32. The normalized spacial score (nSPS) is 14.8. The number of halogens is 1. The predicted octanol–water partition coefficient (Wildman–Crippen LogP) is 3.62. The third-order valence-electron chi connectivity index (χ3n) is 4.58. The van der Waals surface area contributed by atoms with Crippen LogP contribution < -0.4 is 14.5 Å². The van der Waals surface area contributed by atoms with Crippen molar-refractivity contribution in [2.75, 3.05) is 43.1 Å². The summed E-state index contributed by atoms with van der Waals surface area (Å²) in [4.78, 5) is 13.5. The average Bonchev–Trinajstić information content (AvgIpc) is 2.67. The Morgan fingerprint density at radius 1 is 0.960 bits per heavy atom. The van der Waals surface area contributed by atoms with Crippen LogP contribution in [0.3, 0.4) is 0 Å². The highest BCUT2D eigenvalue weighted by molar-refractivity contribution is 6.31. The smallest absolute Gasteiger partial charge is 0.142 e. The maximum Gasteiger partial charge on any atom is 0.142 e. The van der Waals surface area contributed by atoms with Gasteiger partial charge in [0.25, 0.3) is 0 Å².